The van der Waals surface area contributed by atoms with E-state index in [0.717, 1.165) is 5.56 Å². The first-order valence-corrected chi connectivity index (χ1v) is 9.91. The molecule has 1 unspecified atom stereocenters. The Morgan fingerprint density at radius 3 is 2.60 bits per heavy atom. The van der Waals surface area contributed by atoms with Crippen molar-refractivity contribution < 1.29 is 13.2 Å². The van der Waals surface area contributed by atoms with Gasteiger partial charge >= 0.3 is 6.03 Å². The number of rotatable bonds is 3. The van der Waals surface area contributed by atoms with Crippen molar-refractivity contribution in [2.45, 2.75) is 23.5 Å². The molecule has 0 saturated carbocycles. The molecular formula is C18H19ClN2O3S. The molecule has 0 aromatic heterocycles. The van der Waals surface area contributed by atoms with E-state index in [1.807, 2.05) is 31.2 Å². The third-order valence-corrected chi connectivity index (χ3v) is 6.73. The number of likely N-dealkylation sites (tertiary alicyclic amines) is 1. The first kappa shape index (κ1) is 17.8. The van der Waals surface area contributed by atoms with Crippen LogP contribution in [0.25, 0.3) is 0 Å². The number of hydrogen-bond acceptors (Lipinski definition) is 3. The van der Waals surface area contributed by atoms with Crippen LogP contribution in [0.1, 0.15) is 12.0 Å². The highest BCUT2D eigenvalue weighted by molar-refractivity contribution is 7.92. The normalized spacial score (nSPS) is 17.5. The summed E-state index contributed by atoms with van der Waals surface area (Å²) >= 11 is 5.82. The molecule has 1 atom stereocenters. The van der Waals surface area contributed by atoms with Crippen LogP contribution < -0.4 is 5.32 Å². The van der Waals surface area contributed by atoms with Crippen molar-refractivity contribution in [3.8, 4) is 0 Å². The van der Waals surface area contributed by atoms with E-state index in [4.69, 9.17) is 11.6 Å². The fourth-order valence-corrected chi connectivity index (χ4v) is 4.73. The van der Waals surface area contributed by atoms with E-state index >= 15 is 0 Å². The average Bonchev–Trinajstić information content (AvgIpc) is 3.06. The van der Waals surface area contributed by atoms with Gasteiger partial charge in [0, 0.05) is 23.8 Å². The summed E-state index contributed by atoms with van der Waals surface area (Å²) in [6.07, 6.45) is 0.423. The second-order valence-electron chi connectivity index (χ2n) is 6.16. The number of nitrogens with zero attached hydrogens (tertiary/aromatic N) is 1. The quantitative estimate of drug-likeness (QED) is 0.884. The number of hydrogen-bond donors (Lipinski definition) is 1. The Balaban J connectivity index is 1.68. The zero-order valence-corrected chi connectivity index (χ0v) is 15.3. The summed E-state index contributed by atoms with van der Waals surface area (Å²) in [5, 5.41) is 2.71. The van der Waals surface area contributed by atoms with E-state index in [0.29, 0.717) is 23.7 Å². The van der Waals surface area contributed by atoms with E-state index in [-0.39, 0.29) is 17.5 Å². The Hall–Kier alpha value is -2.05. The van der Waals surface area contributed by atoms with Crippen LogP contribution in [0, 0.1) is 6.92 Å². The molecule has 0 aliphatic carbocycles. The number of nitrogens with one attached hydrogen (secondary N) is 1. The van der Waals surface area contributed by atoms with Crippen LogP contribution in [0.4, 0.5) is 10.5 Å². The third-order valence-electron chi connectivity index (χ3n) is 4.28. The summed E-state index contributed by atoms with van der Waals surface area (Å²) in [5.41, 5.74) is 1.75. The summed E-state index contributed by atoms with van der Waals surface area (Å²) < 4.78 is 25.4. The Morgan fingerprint density at radius 2 is 1.92 bits per heavy atom. The molecule has 132 valence electrons. The first-order chi connectivity index (χ1) is 11.9. The van der Waals surface area contributed by atoms with Crippen LogP contribution >= 0.6 is 11.6 Å². The van der Waals surface area contributed by atoms with Crippen LogP contribution in [0.3, 0.4) is 0 Å². The first-order valence-electron chi connectivity index (χ1n) is 7.98. The second-order valence-corrected chi connectivity index (χ2v) is 8.82. The number of halogens is 1. The molecule has 1 heterocycles. The van der Waals surface area contributed by atoms with E-state index in [9.17, 15) is 13.2 Å². The Kier molecular flexibility index (Phi) is 5.01. The number of aryl methyl sites for hydroxylation is 1. The van der Waals surface area contributed by atoms with Gasteiger partial charge in [-0.1, -0.05) is 23.7 Å². The maximum Gasteiger partial charge on any atom is 0.321 e. The Labute approximate surface area is 152 Å². The molecule has 2 amide bonds. The van der Waals surface area contributed by atoms with Gasteiger partial charge in [-0.25, -0.2) is 13.2 Å². The molecule has 2 aromatic carbocycles. The molecule has 3 rings (SSSR count). The fraction of sp³-hybridized carbons (Fsp3) is 0.278. The van der Waals surface area contributed by atoms with Gasteiger partial charge in [-0.05, 0) is 55.3 Å². The zero-order valence-electron chi connectivity index (χ0n) is 13.8. The van der Waals surface area contributed by atoms with Gasteiger partial charge in [0.2, 0.25) is 0 Å². The molecule has 1 fully saturated rings. The van der Waals surface area contributed by atoms with Gasteiger partial charge in [-0.15, -0.1) is 0 Å². The minimum absolute atomic E-state index is 0.183. The lowest BCUT2D eigenvalue weighted by Crippen LogP contribution is -2.35. The van der Waals surface area contributed by atoms with Gasteiger partial charge in [0.15, 0.2) is 9.84 Å². The smallest absolute Gasteiger partial charge is 0.321 e. The number of urea groups is 1. The topological polar surface area (TPSA) is 66.5 Å². The molecule has 1 saturated heterocycles. The summed E-state index contributed by atoms with van der Waals surface area (Å²) in [6.45, 7) is 2.54. The van der Waals surface area contributed by atoms with Crippen molar-refractivity contribution in [2.75, 3.05) is 18.4 Å². The molecule has 1 aliphatic heterocycles. The Bertz CT molecular complexity index is 881. The van der Waals surface area contributed by atoms with Gasteiger partial charge in [0.05, 0.1) is 10.1 Å². The highest BCUT2D eigenvalue weighted by atomic mass is 35.5. The summed E-state index contributed by atoms with van der Waals surface area (Å²) in [5.74, 6) is 0. The maximum atomic E-state index is 12.7. The highest BCUT2D eigenvalue weighted by Crippen LogP contribution is 2.25. The van der Waals surface area contributed by atoms with Crippen LogP contribution in [0.5, 0.6) is 0 Å². The maximum absolute atomic E-state index is 12.7. The number of amides is 2. The van der Waals surface area contributed by atoms with Crippen molar-refractivity contribution >= 4 is 33.2 Å². The molecule has 0 spiro atoms. The lowest BCUT2D eigenvalue weighted by atomic mass is 10.2. The van der Waals surface area contributed by atoms with Crippen LogP contribution in [-0.4, -0.2) is 37.7 Å². The molecule has 2 aromatic rings. The molecule has 25 heavy (non-hydrogen) atoms. The second kappa shape index (κ2) is 7.06. The van der Waals surface area contributed by atoms with E-state index in [1.54, 1.807) is 17.0 Å². The van der Waals surface area contributed by atoms with E-state index in [1.165, 1.54) is 12.1 Å². The fourth-order valence-electron chi connectivity index (χ4n) is 2.91. The minimum Gasteiger partial charge on any atom is -0.323 e. The van der Waals surface area contributed by atoms with Crippen molar-refractivity contribution in [1.29, 1.82) is 0 Å². The Morgan fingerprint density at radius 1 is 1.20 bits per heavy atom. The molecule has 7 heteroatoms. The number of carbonyl (C=O) groups is 1. The molecule has 1 N–H and O–H groups in total. The SMILES string of the molecule is Cc1cccc(NC(=O)N2CCC(S(=O)(=O)c3ccc(Cl)cc3)C2)c1. The molecule has 5 nitrogen and oxygen atoms in total. The standard InChI is InChI=1S/C18H19ClN2O3S/c1-13-3-2-4-15(11-13)20-18(22)21-10-9-17(12-21)25(23,24)16-7-5-14(19)6-8-16/h2-8,11,17H,9-10,12H2,1H3,(H,20,22). The van der Waals surface area contributed by atoms with Crippen LogP contribution in [0.15, 0.2) is 53.4 Å². The monoisotopic (exact) mass is 378 g/mol. The van der Waals surface area contributed by atoms with E-state index in [2.05, 4.69) is 5.32 Å². The molecular weight excluding hydrogens is 360 g/mol. The molecule has 0 radical (unpaired) electrons. The minimum atomic E-state index is -3.48. The third kappa shape index (κ3) is 3.96. The van der Waals surface area contributed by atoms with Gasteiger partial charge in [-0.2, -0.15) is 0 Å². The van der Waals surface area contributed by atoms with Gasteiger partial charge in [0.25, 0.3) is 0 Å². The highest BCUT2D eigenvalue weighted by Gasteiger charge is 2.36. The molecule has 1 aliphatic rings. The van der Waals surface area contributed by atoms with Crippen molar-refractivity contribution in [1.82, 2.24) is 4.90 Å². The van der Waals surface area contributed by atoms with Crippen molar-refractivity contribution in [3.05, 3.63) is 59.1 Å². The predicted molar refractivity (Wildman–Crippen MR) is 98.8 cm³/mol. The molecule has 0 bridgehead atoms. The van der Waals surface area contributed by atoms with Gasteiger partial charge < -0.3 is 10.2 Å². The number of benzene rings is 2. The summed E-state index contributed by atoms with van der Waals surface area (Å²) in [7, 11) is -3.48. The number of sulfone groups is 1. The van der Waals surface area contributed by atoms with Gasteiger partial charge in [-0.3, -0.25) is 0 Å². The number of carbonyl (C=O) groups excluding carboxylic acids is 1. The summed E-state index contributed by atoms with van der Waals surface area (Å²) in [4.78, 5) is 14.2. The van der Waals surface area contributed by atoms with Gasteiger partial charge in [0.1, 0.15) is 0 Å². The van der Waals surface area contributed by atoms with Crippen molar-refractivity contribution in [3.63, 3.8) is 0 Å². The lowest BCUT2D eigenvalue weighted by molar-refractivity contribution is 0.222. The zero-order chi connectivity index (χ0) is 18.0. The summed E-state index contributed by atoms with van der Waals surface area (Å²) in [6, 6.07) is 13.3. The van der Waals surface area contributed by atoms with Crippen LogP contribution in [-0.2, 0) is 9.84 Å². The van der Waals surface area contributed by atoms with E-state index < -0.39 is 15.1 Å². The van der Waals surface area contributed by atoms with Crippen LogP contribution in [0.2, 0.25) is 5.02 Å². The predicted octanol–water partition coefficient (Wildman–Crippen LogP) is 3.73. The van der Waals surface area contributed by atoms with Crippen molar-refractivity contribution in [2.24, 2.45) is 0 Å². The average molecular weight is 379 g/mol. The lowest BCUT2D eigenvalue weighted by Gasteiger charge is -2.18. The largest absolute Gasteiger partial charge is 0.323 e. The number of anilines is 1.